The van der Waals surface area contributed by atoms with E-state index in [9.17, 15) is 4.79 Å². The van der Waals surface area contributed by atoms with Crippen LogP contribution in [-0.4, -0.2) is 16.8 Å². The summed E-state index contributed by atoms with van der Waals surface area (Å²) in [5.41, 5.74) is -0.319. The summed E-state index contributed by atoms with van der Waals surface area (Å²) in [7, 11) is 0. The van der Waals surface area contributed by atoms with Crippen LogP contribution in [0.3, 0.4) is 0 Å². The molecule has 5 heteroatoms. The highest BCUT2D eigenvalue weighted by Crippen LogP contribution is 2.06. The molecule has 0 saturated carbocycles. The average Bonchev–Trinajstić information content (AvgIpc) is 2.34. The first-order valence-corrected chi connectivity index (χ1v) is 3.88. The molecule has 0 atom stereocenters. The van der Waals surface area contributed by atoms with Gasteiger partial charge >= 0.3 is 6.09 Å². The monoisotopic (exact) mass is 184 g/mol. The lowest BCUT2D eigenvalue weighted by molar-refractivity contribution is 0.186. The summed E-state index contributed by atoms with van der Waals surface area (Å²) in [5.74, 6) is 0.154. The molecule has 0 aliphatic carbocycles. The van der Waals surface area contributed by atoms with E-state index >= 15 is 0 Å². The zero-order chi connectivity index (χ0) is 9.90. The van der Waals surface area contributed by atoms with E-state index in [0.717, 1.165) is 0 Å². The lowest BCUT2D eigenvalue weighted by Gasteiger charge is -2.18. The minimum absolute atomic E-state index is 0.154. The number of hydrogen-bond acceptors (Lipinski definition) is 4. The number of carbonyl (C=O) groups is 1. The Balaban J connectivity index is 2.43. The summed E-state index contributed by atoms with van der Waals surface area (Å²) < 4.78 is 9.27. The maximum absolute atomic E-state index is 11.1. The second-order valence-corrected chi connectivity index (χ2v) is 3.60. The standard InChI is InChI=1S/C8H12N2O3/c1-8(2,3)9-7(11)13-6-4-5-12-10-6/h4-5H,1-3H3,(H,9,11). The van der Waals surface area contributed by atoms with Crippen LogP contribution in [0.2, 0.25) is 0 Å². The van der Waals surface area contributed by atoms with Crippen LogP contribution in [0.4, 0.5) is 4.79 Å². The first-order chi connectivity index (χ1) is 5.97. The van der Waals surface area contributed by atoms with Gasteiger partial charge in [-0.15, -0.1) is 0 Å². The Labute approximate surface area is 76.0 Å². The van der Waals surface area contributed by atoms with Crippen molar-refractivity contribution in [3.63, 3.8) is 0 Å². The highest BCUT2D eigenvalue weighted by molar-refractivity contribution is 5.70. The van der Waals surface area contributed by atoms with E-state index in [2.05, 4.69) is 15.0 Å². The van der Waals surface area contributed by atoms with Gasteiger partial charge in [0.1, 0.15) is 6.26 Å². The third-order valence-electron chi connectivity index (χ3n) is 1.09. The first-order valence-electron chi connectivity index (χ1n) is 3.88. The molecule has 72 valence electrons. The third kappa shape index (κ3) is 3.59. The lowest BCUT2D eigenvalue weighted by atomic mass is 10.1. The van der Waals surface area contributed by atoms with Crippen molar-refractivity contribution in [1.29, 1.82) is 0 Å². The highest BCUT2D eigenvalue weighted by atomic mass is 16.6. The summed E-state index contributed by atoms with van der Waals surface area (Å²) in [6, 6.07) is 1.46. The van der Waals surface area contributed by atoms with Crippen LogP contribution in [0, 0.1) is 0 Å². The fourth-order valence-electron chi connectivity index (χ4n) is 0.681. The molecular formula is C8H12N2O3. The Morgan fingerprint density at radius 2 is 2.31 bits per heavy atom. The van der Waals surface area contributed by atoms with Gasteiger partial charge in [-0.2, -0.15) is 0 Å². The molecule has 0 bridgehead atoms. The fourth-order valence-corrected chi connectivity index (χ4v) is 0.681. The van der Waals surface area contributed by atoms with Crippen LogP contribution in [0.15, 0.2) is 16.9 Å². The number of carbonyl (C=O) groups excluding carboxylic acids is 1. The van der Waals surface area contributed by atoms with Crippen molar-refractivity contribution in [3.05, 3.63) is 12.3 Å². The van der Waals surface area contributed by atoms with Crippen LogP contribution < -0.4 is 10.1 Å². The molecule has 0 saturated heterocycles. The minimum atomic E-state index is -0.540. The van der Waals surface area contributed by atoms with E-state index in [1.807, 2.05) is 20.8 Å². The Bertz CT molecular complexity index is 274. The molecule has 0 aliphatic rings. The van der Waals surface area contributed by atoms with Gasteiger partial charge in [0.05, 0.1) is 0 Å². The van der Waals surface area contributed by atoms with Crippen LogP contribution in [0.5, 0.6) is 5.88 Å². The van der Waals surface area contributed by atoms with Gasteiger partial charge in [0.15, 0.2) is 0 Å². The normalized spacial score (nSPS) is 11.0. The molecule has 1 N–H and O–H groups in total. The van der Waals surface area contributed by atoms with Crippen LogP contribution in [0.25, 0.3) is 0 Å². The second-order valence-electron chi connectivity index (χ2n) is 3.60. The van der Waals surface area contributed by atoms with Crippen molar-refractivity contribution < 1.29 is 14.1 Å². The van der Waals surface area contributed by atoms with Crippen molar-refractivity contribution >= 4 is 6.09 Å². The van der Waals surface area contributed by atoms with Gasteiger partial charge in [-0.1, -0.05) is 0 Å². The molecule has 0 radical (unpaired) electrons. The maximum Gasteiger partial charge on any atom is 0.414 e. The van der Waals surface area contributed by atoms with Gasteiger partial charge < -0.3 is 14.6 Å². The van der Waals surface area contributed by atoms with Crippen molar-refractivity contribution in [2.45, 2.75) is 26.3 Å². The van der Waals surface area contributed by atoms with E-state index in [4.69, 9.17) is 4.74 Å². The quantitative estimate of drug-likeness (QED) is 0.719. The molecule has 0 unspecified atom stereocenters. The van der Waals surface area contributed by atoms with Crippen molar-refractivity contribution in [2.24, 2.45) is 0 Å². The molecular weight excluding hydrogens is 172 g/mol. The Kier molecular flexibility index (Phi) is 2.55. The molecule has 1 rings (SSSR count). The molecule has 0 aliphatic heterocycles. The predicted octanol–water partition coefficient (Wildman–Crippen LogP) is 1.56. The van der Waals surface area contributed by atoms with Crippen molar-refractivity contribution in [3.8, 4) is 5.88 Å². The Morgan fingerprint density at radius 3 is 2.77 bits per heavy atom. The number of rotatable bonds is 1. The van der Waals surface area contributed by atoms with Gasteiger partial charge in [0.2, 0.25) is 0 Å². The molecule has 5 nitrogen and oxygen atoms in total. The van der Waals surface area contributed by atoms with Crippen LogP contribution in [0.1, 0.15) is 20.8 Å². The minimum Gasteiger partial charge on any atom is -0.388 e. The van der Waals surface area contributed by atoms with E-state index < -0.39 is 6.09 Å². The largest absolute Gasteiger partial charge is 0.414 e. The van der Waals surface area contributed by atoms with E-state index in [0.29, 0.717) is 0 Å². The molecule has 1 aromatic rings. The van der Waals surface area contributed by atoms with E-state index in [-0.39, 0.29) is 11.4 Å². The van der Waals surface area contributed by atoms with Crippen molar-refractivity contribution in [1.82, 2.24) is 10.5 Å². The summed E-state index contributed by atoms with van der Waals surface area (Å²) in [5, 5.41) is 6.04. The van der Waals surface area contributed by atoms with Crippen molar-refractivity contribution in [2.75, 3.05) is 0 Å². The zero-order valence-corrected chi connectivity index (χ0v) is 7.83. The molecule has 0 fully saturated rings. The summed E-state index contributed by atoms with van der Waals surface area (Å²) in [4.78, 5) is 11.1. The van der Waals surface area contributed by atoms with E-state index in [1.165, 1.54) is 12.3 Å². The van der Waals surface area contributed by atoms with E-state index in [1.54, 1.807) is 0 Å². The molecule has 1 amide bonds. The second kappa shape index (κ2) is 3.47. The number of amides is 1. The predicted molar refractivity (Wildman–Crippen MR) is 45.4 cm³/mol. The van der Waals surface area contributed by atoms with Gasteiger partial charge in [-0.3, -0.25) is 0 Å². The fraction of sp³-hybridized carbons (Fsp3) is 0.500. The average molecular weight is 184 g/mol. The number of nitrogens with one attached hydrogen (secondary N) is 1. The molecule has 0 aromatic carbocycles. The number of aromatic nitrogens is 1. The Morgan fingerprint density at radius 1 is 1.62 bits per heavy atom. The van der Waals surface area contributed by atoms with Gasteiger partial charge in [0, 0.05) is 11.6 Å². The maximum atomic E-state index is 11.1. The molecule has 0 spiro atoms. The van der Waals surface area contributed by atoms with Gasteiger partial charge in [0.25, 0.3) is 5.88 Å². The number of nitrogens with zero attached hydrogens (tertiary/aromatic N) is 1. The molecule has 1 heterocycles. The van der Waals surface area contributed by atoms with Gasteiger partial charge in [-0.05, 0) is 25.9 Å². The molecule has 13 heavy (non-hydrogen) atoms. The lowest BCUT2D eigenvalue weighted by Crippen LogP contribution is -2.42. The van der Waals surface area contributed by atoms with Crippen LogP contribution in [-0.2, 0) is 0 Å². The van der Waals surface area contributed by atoms with Gasteiger partial charge in [-0.25, -0.2) is 4.79 Å². The highest BCUT2D eigenvalue weighted by Gasteiger charge is 2.15. The molecule has 1 aromatic heterocycles. The Hall–Kier alpha value is -1.52. The van der Waals surface area contributed by atoms with Crippen LogP contribution >= 0.6 is 0 Å². The topological polar surface area (TPSA) is 64.4 Å². The first kappa shape index (κ1) is 9.57. The zero-order valence-electron chi connectivity index (χ0n) is 7.83. The summed E-state index contributed by atoms with van der Waals surface area (Å²) in [6.45, 7) is 5.57. The summed E-state index contributed by atoms with van der Waals surface area (Å²) >= 11 is 0. The smallest absolute Gasteiger partial charge is 0.388 e. The number of ether oxygens (including phenoxy) is 1. The summed E-state index contributed by atoms with van der Waals surface area (Å²) in [6.07, 6.45) is 0.793. The number of hydrogen-bond donors (Lipinski definition) is 1. The third-order valence-corrected chi connectivity index (χ3v) is 1.09. The SMILES string of the molecule is CC(C)(C)NC(=O)Oc1ccon1.